The van der Waals surface area contributed by atoms with Gasteiger partial charge in [-0.05, 0) is 31.9 Å². The third-order valence-electron chi connectivity index (χ3n) is 2.09. The number of benzene rings is 1. The van der Waals surface area contributed by atoms with E-state index in [0.717, 1.165) is 17.7 Å². The zero-order valence-electron chi connectivity index (χ0n) is 9.29. The van der Waals surface area contributed by atoms with E-state index in [4.69, 9.17) is 10.5 Å². The van der Waals surface area contributed by atoms with Crippen LogP contribution in [-0.2, 0) is 6.42 Å². The molecule has 2 nitrogen and oxygen atoms in total. The Bertz CT molecular complexity index is 312. The molecule has 0 radical (unpaired) electrons. The minimum Gasteiger partial charge on any atom is -0.491 e. The highest BCUT2D eigenvalue weighted by molar-refractivity contribution is 5.37. The molecule has 0 fully saturated rings. The molecular formula is C12H18FNO. The Balaban J connectivity index is 2.82. The lowest BCUT2D eigenvalue weighted by atomic mass is 10.0. The summed E-state index contributed by atoms with van der Waals surface area (Å²) in [4.78, 5) is 0. The number of rotatable bonds is 5. The molecule has 15 heavy (non-hydrogen) atoms. The second-order valence-corrected chi connectivity index (χ2v) is 3.83. The topological polar surface area (TPSA) is 35.2 Å². The summed E-state index contributed by atoms with van der Waals surface area (Å²) in [5.41, 5.74) is 7.96. The SMILES string of the molecule is Cc1ccc(OCCF)c(CC(C)N)c1. The lowest BCUT2D eigenvalue weighted by Gasteiger charge is -2.13. The van der Waals surface area contributed by atoms with E-state index in [9.17, 15) is 4.39 Å². The molecule has 0 heterocycles. The maximum Gasteiger partial charge on any atom is 0.123 e. The molecule has 1 aromatic carbocycles. The van der Waals surface area contributed by atoms with E-state index in [2.05, 4.69) is 0 Å². The van der Waals surface area contributed by atoms with E-state index in [0.29, 0.717) is 0 Å². The van der Waals surface area contributed by atoms with Gasteiger partial charge in [0.1, 0.15) is 19.0 Å². The summed E-state index contributed by atoms with van der Waals surface area (Å²) in [7, 11) is 0. The normalized spacial score (nSPS) is 12.5. The van der Waals surface area contributed by atoms with Crippen LogP contribution in [0.3, 0.4) is 0 Å². The first-order chi connectivity index (χ1) is 7.13. The summed E-state index contributed by atoms with van der Waals surface area (Å²) in [5.74, 6) is 0.746. The molecule has 0 spiro atoms. The molecule has 0 bridgehead atoms. The number of alkyl halides is 1. The van der Waals surface area contributed by atoms with E-state index in [1.807, 2.05) is 32.0 Å². The van der Waals surface area contributed by atoms with Gasteiger partial charge in [-0.1, -0.05) is 17.7 Å². The van der Waals surface area contributed by atoms with Gasteiger partial charge in [-0.15, -0.1) is 0 Å². The summed E-state index contributed by atoms with van der Waals surface area (Å²) >= 11 is 0. The Hall–Kier alpha value is -1.09. The highest BCUT2D eigenvalue weighted by Gasteiger charge is 2.06. The standard InChI is InChI=1S/C12H18FNO/c1-9-3-4-12(15-6-5-13)11(7-9)8-10(2)14/h3-4,7,10H,5-6,8,14H2,1-2H3. The summed E-state index contributed by atoms with van der Waals surface area (Å²) in [6, 6.07) is 5.96. The van der Waals surface area contributed by atoms with Gasteiger partial charge in [0.2, 0.25) is 0 Å². The van der Waals surface area contributed by atoms with E-state index in [1.165, 1.54) is 5.56 Å². The highest BCUT2D eigenvalue weighted by Crippen LogP contribution is 2.21. The van der Waals surface area contributed by atoms with Gasteiger partial charge in [0.05, 0.1) is 0 Å². The second-order valence-electron chi connectivity index (χ2n) is 3.83. The number of hydrogen-bond acceptors (Lipinski definition) is 2. The van der Waals surface area contributed by atoms with Gasteiger partial charge in [0.25, 0.3) is 0 Å². The molecule has 0 aliphatic rings. The van der Waals surface area contributed by atoms with Crippen LogP contribution in [0.1, 0.15) is 18.1 Å². The molecule has 1 unspecified atom stereocenters. The van der Waals surface area contributed by atoms with Crippen LogP contribution >= 0.6 is 0 Å². The van der Waals surface area contributed by atoms with Crippen molar-refractivity contribution in [3.63, 3.8) is 0 Å². The average molecular weight is 211 g/mol. The van der Waals surface area contributed by atoms with Gasteiger partial charge < -0.3 is 10.5 Å². The predicted octanol–water partition coefficient (Wildman–Crippen LogP) is 2.23. The van der Waals surface area contributed by atoms with Crippen molar-refractivity contribution in [1.82, 2.24) is 0 Å². The molecule has 0 saturated heterocycles. The molecule has 0 saturated carbocycles. The Morgan fingerprint density at radius 2 is 2.20 bits per heavy atom. The fourth-order valence-corrected chi connectivity index (χ4v) is 1.50. The van der Waals surface area contributed by atoms with Crippen molar-refractivity contribution < 1.29 is 9.13 Å². The monoisotopic (exact) mass is 211 g/mol. The van der Waals surface area contributed by atoms with Crippen molar-refractivity contribution >= 4 is 0 Å². The molecule has 2 N–H and O–H groups in total. The van der Waals surface area contributed by atoms with Crippen LogP contribution in [0.5, 0.6) is 5.75 Å². The van der Waals surface area contributed by atoms with Gasteiger partial charge in [-0.25, -0.2) is 4.39 Å². The Kier molecular flexibility index (Phi) is 4.56. The smallest absolute Gasteiger partial charge is 0.123 e. The summed E-state index contributed by atoms with van der Waals surface area (Å²) in [5, 5.41) is 0. The molecule has 1 atom stereocenters. The lowest BCUT2D eigenvalue weighted by Crippen LogP contribution is -2.18. The van der Waals surface area contributed by atoms with Gasteiger partial charge in [-0.3, -0.25) is 0 Å². The quantitative estimate of drug-likeness (QED) is 0.810. The Morgan fingerprint density at radius 1 is 1.47 bits per heavy atom. The van der Waals surface area contributed by atoms with E-state index < -0.39 is 6.67 Å². The number of aryl methyl sites for hydroxylation is 1. The molecule has 0 aliphatic carbocycles. The molecule has 3 heteroatoms. The van der Waals surface area contributed by atoms with Gasteiger partial charge in [0.15, 0.2) is 0 Å². The van der Waals surface area contributed by atoms with Crippen molar-refractivity contribution in [2.75, 3.05) is 13.3 Å². The number of halogens is 1. The number of hydrogen-bond donors (Lipinski definition) is 1. The zero-order chi connectivity index (χ0) is 11.3. The van der Waals surface area contributed by atoms with Crippen molar-refractivity contribution in [2.45, 2.75) is 26.3 Å². The van der Waals surface area contributed by atoms with Crippen LogP contribution in [0, 0.1) is 6.92 Å². The molecule has 1 rings (SSSR count). The third-order valence-corrected chi connectivity index (χ3v) is 2.09. The summed E-state index contributed by atoms with van der Waals surface area (Å²) in [6.07, 6.45) is 0.753. The van der Waals surface area contributed by atoms with Gasteiger partial charge in [0, 0.05) is 6.04 Å². The van der Waals surface area contributed by atoms with E-state index in [-0.39, 0.29) is 12.6 Å². The fraction of sp³-hybridized carbons (Fsp3) is 0.500. The zero-order valence-corrected chi connectivity index (χ0v) is 9.29. The largest absolute Gasteiger partial charge is 0.491 e. The van der Waals surface area contributed by atoms with E-state index in [1.54, 1.807) is 0 Å². The average Bonchev–Trinajstić information content (AvgIpc) is 2.16. The summed E-state index contributed by atoms with van der Waals surface area (Å²) < 4.78 is 17.3. The fourth-order valence-electron chi connectivity index (χ4n) is 1.50. The van der Waals surface area contributed by atoms with Crippen LogP contribution in [0.25, 0.3) is 0 Å². The third kappa shape index (κ3) is 3.88. The van der Waals surface area contributed by atoms with Crippen molar-refractivity contribution in [3.05, 3.63) is 29.3 Å². The van der Waals surface area contributed by atoms with Crippen molar-refractivity contribution in [2.24, 2.45) is 5.73 Å². The van der Waals surface area contributed by atoms with Crippen LogP contribution in [-0.4, -0.2) is 19.3 Å². The first-order valence-electron chi connectivity index (χ1n) is 5.17. The summed E-state index contributed by atoms with van der Waals surface area (Å²) in [6.45, 7) is 3.60. The van der Waals surface area contributed by atoms with E-state index >= 15 is 0 Å². The first-order valence-corrected chi connectivity index (χ1v) is 5.17. The first kappa shape index (κ1) is 12.0. The van der Waals surface area contributed by atoms with Crippen molar-refractivity contribution in [1.29, 1.82) is 0 Å². The minimum absolute atomic E-state index is 0.0829. The number of nitrogens with two attached hydrogens (primary N) is 1. The lowest BCUT2D eigenvalue weighted by molar-refractivity contribution is 0.270. The molecular weight excluding hydrogens is 193 g/mol. The Morgan fingerprint density at radius 3 is 2.80 bits per heavy atom. The predicted molar refractivity (Wildman–Crippen MR) is 60.0 cm³/mol. The molecule has 0 aromatic heterocycles. The Labute approximate surface area is 90.2 Å². The van der Waals surface area contributed by atoms with Gasteiger partial charge in [-0.2, -0.15) is 0 Å². The highest BCUT2D eigenvalue weighted by atomic mass is 19.1. The van der Waals surface area contributed by atoms with Gasteiger partial charge >= 0.3 is 0 Å². The minimum atomic E-state index is -0.467. The molecule has 1 aromatic rings. The van der Waals surface area contributed by atoms with Crippen LogP contribution in [0.15, 0.2) is 18.2 Å². The number of ether oxygens (including phenoxy) is 1. The molecule has 84 valence electrons. The van der Waals surface area contributed by atoms with Crippen LogP contribution in [0.2, 0.25) is 0 Å². The maximum absolute atomic E-state index is 12.0. The maximum atomic E-state index is 12.0. The van der Waals surface area contributed by atoms with Crippen LogP contribution in [0.4, 0.5) is 4.39 Å². The molecule has 0 amide bonds. The molecule has 0 aliphatic heterocycles. The van der Waals surface area contributed by atoms with Crippen LogP contribution < -0.4 is 10.5 Å². The van der Waals surface area contributed by atoms with Crippen molar-refractivity contribution in [3.8, 4) is 5.75 Å². The second kappa shape index (κ2) is 5.71.